The molecule has 0 saturated heterocycles. The van der Waals surface area contributed by atoms with Gasteiger partial charge in [0.05, 0.1) is 7.11 Å². The number of aliphatic hydroxyl groups excluding tert-OH is 1. The average molecular weight is 295 g/mol. The summed E-state index contributed by atoms with van der Waals surface area (Å²) in [4.78, 5) is 11.6. The zero-order valence-corrected chi connectivity index (χ0v) is 12.0. The first-order valence-electron chi connectivity index (χ1n) is 6.02. The van der Waals surface area contributed by atoms with Crippen LogP contribution in [0.25, 0.3) is 5.57 Å². The van der Waals surface area contributed by atoms with Gasteiger partial charge >= 0.3 is 0 Å². The maximum atomic E-state index is 11.6. The molecule has 0 amide bonds. The van der Waals surface area contributed by atoms with Crippen LogP contribution in [0.3, 0.4) is 0 Å². The molecule has 0 fully saturated rings. The second-order valence-corrected chi connectivity index (χ2v) is 4.91. The van der Waals surface area contributed by atoms with Crippen molar-refractivity contribution in [1.82, 2.24) is 0 Å². The molecule has 1 aliphatic carbocycles. The fourth-order valence-corrected chi connectivity index (χ4v) is 2.45. The van der Waals surface area contributed by atoms with Crippen molar-refractivity contribution in [1.29, 1.82) is 0 Å². The molecule has 1 aromatic carbocycles. The van der Waals surface area contributed by atoms with Crippen LogP contribution in [0.15, 0.2) is 41.9 Å². The molecule has 0 radical (unpaired) electrons. The summed E-state index contributed by atoms with van der Waals surface area (Å²) >= 11 is 5.98. The van der Waals surface area contributed by atoms with Crippen LogP contribution in [0, 0.1) is 0 Å². The highest BCUT2D eigenvalue weighted by atomic mass is 35.5. The molecule has 0 saturated carbocycles. The monoisotopic (exact) mass is 294 g/mol. The molecule has 2 rings (SSSR count). The van der Waals surface area contributed by atoms with Gasteiger partial charge in [0.2, 0.25) is 0 Å². The van der Waals surface area contributed by atoms with Gasteiger partial charge in [-0.15, -0.1) is 0 Å². The molecule has 0 bridgehead atoms. The standard InChI is InChI=1S/C15H15ClO4/c1-19-14-8-15(9-17,20-2)12(7-13(14)18)10-4-3-5-11(16)6-10/h3-7,9,18H,8H2,1-2H3. The third-order valence-electron chi connectivity index (χ3n) is 3.38. The summed E-state index contributed by atoms with van der Waals surface area (Å²) in [5.74, 6) is 0.293. The number of carbonyl (C=O) groups is 1. The van der Waals surface area contributed by atoms with Crippen molar-refractivity contribution in [2.24, 2.45) is 0 Å². The lowest BCUT2D eigenvalue weighted by Crippen LogP contribution is -2.38. The van der Waals surface area contributed by atoms with Gasteiger partial charge in [0.25, 0.3) is 0 Å². The predicted molar refractivity (Wildman–Crippen MR) is 76.5 cm³/mol. The first-order valence-corrected chi connectivity index (χ1v) is 6.40. The lowest BCUT2D eigenvalue weighted by Gasteiger charge is -2.33. The van der Waals surface area contributed by atoms with Gasteiger partial charge < -0.3 is 14.6 Å². The number of aldehydes is 1. The summed E-state index contributed by atoms with van der Waals surface area (Å²) in [6.07, 6.45) is 2.32. The predicted octanol–water partition coefficient (Wildman–Crippen LogP) is 3.13. The molecule has 1 unspecified atom stereocenters. The van der Waals surface area contributed by atoms with Crippen molar-refractivity contribution >= 4 is 23.5 Å². The van der Waals surface area contributed by atoms with Crippen LogP contribution in [-0.4, -0.2) is 31.2 Å². The summed E-state index contributed by atoms with van der Waals surface area (Å²) in [7, 11) is 2.89. The highest BCUT2D eigenvalue weighted by Crippen LogP contribution is 2.40. The molecular formula is C15H15ClO4. The van der Waals surface area contributed by atoms with E-state index in [0.717, 1.165) is 0 Å². The van der Waals surface area contributed by atoms with Crippen molar-refractivity contribution in [3.8, 4) is 0 Å². The summed E-state index contributed by atoms with van der Waals surface area (Å²) in [6.45, 7) is 0. The van der Waals surface area contributed by atoms with Crippen molar-refractivity contribution in [2.75, 3.05) is 14.2 Å². The zero-order valence-electron chi connectivity index (χ0n) is 11.2. The number of benzene rings is 1. The number of aliphatic hydroxyl groups is 1. The van der Waals surface area contributed by atoms with E-state index in [1.165, 1.54) is 20.3 Å². The van der Waals surface area contributed by atoms with Crippen LogP contribution >= 0.6 is 11.6 Å². The van der Waals surface area contributed by atoms with E-state index in [1.807, 2.05) is 0 Å². The molecule has 0 spiro atoms. The molecule has 1 atom stereocenters. The van der Waals surface area contributed by atoms with Gasteiger partial charge in [-0.2, -0.15) is 0 Å². The quantitative estimate of drug-likeness (QED) is 0.867. The van der Waals surface area contributed by atoms with Gasteiger partial charge in [0.1, 0.15) is 5.76 Å². The fourth-order valence-electron chi connectivity index (χ4n) is 2.26. The largest absolute Gasteiger partial charge is 0.504 e. The van der Waals surface area contributed by atoms with E-state index in [9.17, 15) is 9.90 Å². The van der Waals surface area contributed by atoms with Gasteiger partial charge in [0, 0.05) is 24.1 Å². The number of methoxy groups -OCH3 is 2. The Morgan fingerprint density at radius 3 is 2.70 bits per heavy atom. The Kier molecular flexibility index (Phi) is 4.16. The molecule has 0 heterocycles. The van der Waals surface area contributed by atoms with Crippen LogP contribution in [-0.2, 0) is 14.3 Å². The average Bonchev–Trinajstić information content (AvgIpc) is 2.47. The number of hydrogen-bond acceptors (Lipinski definition) is 4. The number of hydrogen-bond donors (Lipinski definition) is 1. The summed E-state index contributed by atoms with van der Waals surface area (Å²) in [5, 5.41) is 10.5. The van der Waals surface area contributed by atoms with Gasteiger partial charge in [-0.05, 0) is 23.8 Å². The SMILES string of the molecule is COC1=C(O)C=C(c2cccc(Cl)c2)C(C=O)(OC)C1. The Balaban J connectivity index is 2.61. The van der Waals surface area contributed by atoms with Gasteiger partial charge in [0.15, 0.2) is 17.6 Å². The summed E-state index contributed by atoms with van der Waals surface area (Å²) in [5.41, 5.74) is 0.0753. The Bertz CT molecular complexity index is 591. The molecule has 0 aromatic heterocycles. The second-order valence-electron chi connectivity index (χ2n) is 4.47. The van der Waals surface area contributed by atoms with E-state index < -0.39 is 5.60 Å². The molecular weight excluding hydrogens is 280 g/mol. The second kappa shape index (κ2) is 5.69. The van der Waals surface area contributed by atoms with E-state index in [0.29, 0.717) is 28.2 Å². The van der Waals surface area contributed by atoms with Gasteiger partial charge in [-0.3, -0.25) is 4.79 Å². The zero-order chi connectivity index (χ0) is 14.8. The lowest BCUT2D eigenvalue weighted by atomic mass is 9.82. The van der Waals surface area contributed by atoms with Crippen LogP contribution in [0.5, 0.6) is 0 Å². The van der Waals surface area contributed by atoms with Crippen LogP contribution < -0.4 is 0 Å². The molecule has 1 aliphatic rings. The Morgan fingerprint density at radius 1 is 1.40 bits per heavy atom. The number of ether oxygens (including phenoxy) is 2. The highest BCUT2D eigenvalue weighted by molar-refractivity contribution is 6.30. The number of allylic oxidation sites excluding steroid dienone is 1. The first kappa shape index (κ1) is 14.6. The molecule has 1 N–H and O–H groups in total. The van der Waals surface area contributed by atoms with Crippen molar-refractivity contribution in [3.63, 3.8) is 0 Å². The lowest BCUT2D eigenvalue weighted by molar-refractivity contribution is -0.122. The van der Waals surface area contributed by atoms with Crippen molar-refractivity contribution in [3.05, 3.63) is 52.4 Å². The molecule has 20 heavy (non-hydrogen) atoms. The number of rotatable bonds is 4. The van der Waals surface area contributed by atoms with E-state index in [-0.39, 0.29) is 12.2 Å². The normalized spacial score (nSPS) is 22.4. The number of carbonyl (C=O) groups excluding carboxylic acids is 1. The maximum Gasteiger partial charge on any atom is 0.156 e. The Hall–Kier alpha value is -1.78. The van der Waals surface area contributed by atoms with Crippen molar-refractivity contribution in [2.45, 2.75) is 12.0 Å². The van der Waals surface area contributed by atoms with Gasteiger partial charge in [-0.25, -0.2) is 0 Å². The third kappa shape index (κ3) is 2.44. The minimum absolute atomic E-state index is 0.0167. The smallest absolute Gasteiger partial charge is 0.156 e. The molecule has 5 heteroatoms. The van der Waals surface area contributed by atoms with Gasteiger partial charge in [-0.1, -0.05) is 23.7 Å². The van der Waals surface area contributed by atoms with E-state index in [4.69, 9.17) is 21.1 Å². The Labute approximate surface area is 122 Å². The fraction of sp³-hybridized carbons (Fsp3) is 0.267. The first-order chi connectivity index (χ1) is 9.56. The maximum absolute atomic E-state index is 11.6. The minimum atomic E-state index is -1.19. The summed E-state index contributed by atoms with van der Waals surface area (Å²) < 4.78 is 10.5. The van der Waals surface area contributed by atoms with E-state index in [1.54, 1.807) is 24.3 Å². The van der Waals surface area contributed by atoms with E-state index in [2.05, 4.69) is 0 Å². The molecule has 106 valence electrons. The third-order valence-corrected chi connectivity index (χ3v) is 3.62. The molecule has 4 nitrogen and oxygen atoms in total. The topological polar surface area (TPSA) is 55.8 Å². The highest BCUT2D eigenvalue weighted by Gasteiger charge is 2.40. The Morgan fingerprint density at radius 2 is 2.15 bits per heavy atom. The summed E-state index contributed by atoms with van der Waals surface area (Å²) in [6, 6.07) is 7.03. The molecule has 1 aromatic rings. The minimum Gasteiger partial charge on any atom is -0.504 e. The van der Waals surface area contributed by atoms with E-state index >= 15 is 0 Å². The van der Waals surface area contributed by atoms with Crippen molar-refractivity contribution < 1.29 is 19.4 Å². The van der Waals surface area contributed by atoms with Crippen LogP contribution in [0.2, 0.25) is 5.02 Å². The molecule has 0 aliphatic heterocycles. The van der Waals surface area contributed by atoms with Crippen LogP contribution in [0.1, 0.15) is 12.0 Å². The van der Waals surface area contributed by atoms with Crippen LogP contribution in [0.4, 0.5) is 0 Å². The number of halogens is 1.